The van der Waals surface area contributed by atoms with Crippen LogP contribution in [0.1, 0.15) is 42.5 Å². The second-order valence-corrected chi connectivity index (χ2v) is 6.30. The summed E-state index contributed by atoms with van der Waals surface area (Å²) in [6.07, 6.45) is 5.15. The molecule has 1 aliphatic heterocycles. The highest BCUT2D eigenvalue weighted by Gasteiger charge is 2.15. The molecular formula is C18H24N2O. The van der Waals surface area contributed by atoms with Gasteiger partial charge < -0.3 is 4.98 Å². The van der Waals surface area contributed by atoms with Crippen molar-refractivity contribution in [3.05, 3.63) is 45.2 Å². The van der Waals surface area contributed by atoms with Gasteiger partial charge in [0.2, 0.25) is 0 Å². The summed E-state index contributed by atoms with van der Waals surface area (Å²) in [6, 6.07) is 6.06. The summed E-state index contributed by atoms with van der Waals surface area (Å²) in [4.78, 5) is 18.7. The van der Waals surface area contributed by atoms with E-state index >= 15 is 0 Å². The minimum Gasteiger partial charge on any atom is -0.358 e. The standard InChI is InChI=1S/C18H24N2O/c1-13-7-8-17-15(11-13)18(21)16(14(2)19-17)12-20-9-5-3-4-6-10-20/h7-8,11H,3-6,9-10,12H2,1-2H3,(H,19,21). The monoisotopic (exact) mass is 284 g/mol. The van der Waals surface area contributed by atoms with Crippen molar-refractivity contribution in [1.29, 1.82) is 0 Å². The molecule has 1 aliphatic rings. The van der Waals surface area contributed by atoms with Gasteiger partial charge in [0.05, 0.1) is 0 Å². The number of nitrogens with zero attached hydrogens (tertiary/aromatic N) is 1. The minimum atomic E-state index is 0.203. The number of H-pyrrole nitrogens is 1. The van der Waals surface area contributed by atoms with Crippen molar-refractivity contribution in [1.82, 2.24) is 9.88 Å². The van der Waals surface area contributed by atoms with Gasteiger partial charge in [-0.05, 0) is 51.9 Å². The molecule has 0 spiro atoms. The number of aromatic nitrogens is 1. The van der Waals surface area contributed by atoms with Gasteiger partial charge in [-0.1, -0.05) is 24.5 Å². The first kappa shape index (κ1) is 14.3. The van der Waals surface area contributed by atoms with Crippen molar-refractivity contribution in [2.24, 2.45) is 0 Å². The smallest absolute Gasteiger partial charge is 0.194 e. The predicted molar refractivity (Wildman–Crippen MR) is 87.8 cm³/mol. The van der Waals surface area contributed by atoms with Crippen molar-refractivity contribution in [2.75, 3.05) is 13.1 Å². The highest BCUT2D eigenvalue weighted by molar-refractivity contribution is 5.80. The average molecular weight is 284 g/mol. The van der Waals surface area contributed by atoms with E-state index in [1.54, 1.807) is 0 Å². The molecule has 112 valence electrons. The van der Waals surface area contributed by atoms with Crippen molar-refractivity contribution in [3.8, 4) is 0 Å². The number of aryl methyl sites for hydroxylation is 2. The average Bonchev–Trinajstić information content (AvgIpc) is 2.73. The van der Waals surface area contributed by atoms with Crippen LogP contribution in [-0.2, 0) is 6.54 Å². The summed E-state index contributed by atoms with van der Waals surface area (Å²) >= 11 is 0. The lowest BCUT2D eigenvalue weighted by molar-refractivity contribution is 0.275. The van der Waals surface area contributed by atoms with E-state index in [1.807, 2.05) is 32.0 Å². The fraction of sp³-hybridized carbons (Fsp3) is 0.500. The summed E-state index contributed by atoms with van der Waals surface area (Å²) in [6.45, 7) is 7.07. The minimum absolute atomic E-state index is 0.203. The molecule has 0 radical (unpaired) electrons. The summed E-state index contributed by atoms with van der Waals surface area (Å²) < 4.78 is 0. The quantitative estimate of drug-likeness (QED) is 0.916. The molecule has 2 aromatic rings. The Morgan fingerprint density at radius 2 is 1.81 bits per heavy atom. The third-order valence-corrected chi connectivity index (χ3v) is 4.55. The zero-order valence-corrected chi connectivity index (χ0v) is 13.0. The van der Waals surface area contributed by atoms with E-state index in [1.165, 1.54) is 25.7 Å². The van der Waals surface area contributed by atoms with Crippen LogP contribution in [0.5, 0.6) is 0 Å². The van der Waals surface area contributed by atoms with Gasteiger partial charge >= 0.3 is 0 Å². The number of pyridine rings is 1. The van der Waals surface area contributed by atoms with Gasteiger partial charge in [-0.25, -0.2) is 0 Å². The van der Waals surface area contributed by atoms with E-state index in [-0.39, 0.29) is 5.43 Å². The number of likely N-dealkylation sites (tertiary alicyclic amines) is 1. The summed E-state index contributed by atoms with van der Waals surface area (Å²) in [5.41, 5.74) is 4.24. The highest BCUT2D eigenvalue weighted by Crippen LogP contribution is 2.16. The normalized spacial score (nSPS) is 17.0. The zero-order chi connectivity index (χ0) is 14.8. The molecule has 2 heterocycles. The molecule has 3 rings (SSSR count). The van der Waals surface area contributed by atoms with E-state index in [2.05, 4.69) is 9.88 Å². The first-order chi connectivity index (χ1) is 10.1. The second-order valence-electron chi connectivity index (χ2n) is 6.30. The lowest BCUT2D eigenvalue weighted by Gasteiger charge is -2.20. The lowest BCUT2D eigenvalue weighted by Crippen LogP contribution is -2.28. The molecule has 3 nitrogen and oxygen atoms in total. The van der Waals surface area contributed by atoms with E-state index in [9.17, 15) is 4.79 Å². The third kappa shape index (κ3) is 3.03. The van der Waals surface area contributed by atoms with E-state index in [0.717, 1.165) is 47.4 Å². The Labute approximate surface area is 126 Å². The van der Waals surface area contributed by atoms with Gasteiger partial charge in [-0.15, -0.1) is 0 Å². The Morgan fingerprint density at radius 1 is 1.10 bits per heavy atom. The van der Waals surface area contributed by atoms with Crippen LogP contribution in [0, 0.1) is 13.8 Å². The largest absolute Gasteiger partial charge is 0.358 e. The number of benzene rings is 1. The van der Waals surface area contributed by atoms with E-state index in [0.29, 0.717) is 0 Å². The van der Waals surface area contributed by atoms with Gasteiger partial charge in [0, 0.05) is 28.7 Å². The molecule has 0 atom stereocenters. The molecule has 0 amide bonds. The molecule has 1 aromatic heterocycles. The van der Waals surface area contributed by atoms with Gasteiger partial charge in [0.1, 0.15) is 0 Å². The van der Waals surface area contributed by atoms with Gasteiger partial charge in [-0.3, -0.25) is 9.69 Å². The Kier molecular flexibility index (Phi) is 4.11. The first-order valence-corrected chi connectivity index (χ1v) is 7.99. The number of rotatable bonds is 2. The molecule has 1 saturated heterocycles. The van der Waals surface area contributed by atoms with Gasteiger partial charge in [-0.2, -0.15) is 0 Å². The van der Waals surface area contributed by atoms with Crippen LogP contribution < -0.4 is 5.43 Å². The van der Waals surface area contributed by atoms with Gasteiger partial charge in [0.25, 0.3) is 0 Å². The van der Waals surface area contributed by atoms with Crippen LogP contribution in [0.15, 0.2) is 23.0 Å². The molecule has 0 aliphatic carbocycles. The molecule has 21 heavy (non-hydrogen) atoms. The SMILES string of the molecule is Cc1ccc2[nH]c(C)c(CN3CCCCCC3)c(=O)c2c1. The number of aromatic amines is 1. The molecule has 1 fully saturated rings. The van der Waals surface area contributed by atoms with Crippen LogP contribution in [0.4, 0.5) is 0 Å². The summed E-state index contributed by atoms with van der Waals surface area (Å²) in [5.74, 6) is 0. The topological polar surface area (TPSA) is 36.1 Å². The molecule has 1 N–H and O–H groups in total. The maximum atomic E-state index is 12.8. The van der Waals surface area contributed by atoms with Crippen LogP contribution in [-0.4, -0.2) is 23.0 Å². The maximum absolute atomic E-state index is 12.8. The van der Waals surface area contributed by atoms with Crippen LogP contribution >= 0.6 is 0 Å². The van der Waals surface area contributed by atoms with Crippen molar-refractivity contribution in [3.63, 3.8) is 0 Å². The van der Waals surface area contributed by atoms with Crippen molar-refractivity contribution >= 4 is 10.9 Å². The Morgan fingerprint density at radius 3 is 2.52 bits per heavy atom. The predicted octanol–water partition coefficient (Wildman–Crippen LogP) is 3.52. The zero-order valence-electron chi connectivity index (χ0n) is 13.0. The Hall–Kier alpha value is -1.61. The molecular weight excluding hydrogens is 260 g/mol. The molecule has 0 saturated carbocycles. The fourth-order valence-electron chi connectivity index (χ4n) is 3.27. The molecule has 3 heteroatoms. The number of nitrogens with one attached hydrogen (secondary N) is 1. The van der Waals surface area contributed by atoms with E-state index in [4.69, 9.17) is 0 Å². The number of fused-ring (bicyclic) bond motifs is 1. The second kappa shape index (κ2) is 6.02. The van der Waals surface area contributed by atoms with Gasteiger partial charge in [0.15, 0.2) is 5.43 Å². The summed E-state index contributed by atoms with van der Waals surface area (Å²) in [5, 5.41) is 0.824. The Bertz CT molecular complexity index is 694. The number of hydrogen-bond acceptors (Lipinski definition) is 2. The first-order valence-electron chi connectivity index (χ1n) is 7.99. The summed E-state index contributed by atoms with van der Waals surface area (Å²) in [7, 11) is 0. The third-order valence-electron chi connectivity index (χ3n) is 4.55. The Balaban J connectivity index is 1.99. The van der Waals surface area contributed by atoms with Crippen LogP contribution in [0.25, 0.3) is 10.9 Å². The van der Waals surface area contributed by atoms with Crippen LogP contribution in [0.3, 0.4) is 0 Å². The van der Waals surface area contributed by atoms with Crippen LogP contribution in [0.2, 0.25) is 0 Å². The highest BCUT2D eigenvalue weighted by atomic mass is 16.1. The van der Waals surface area contributed by atoms with Crippen molar-refractivity contribution < 1.29 is 0 Å². The number of hydrogen-bond donors (Lipinski definition) is 1. The lowest BCUT2D eigenvalue weighted by atomic mass is 10.1. The molecule has 0 unspecified atom stereocenters. The van der Waals surface area contributed by atoms with E-state index < -0.39 is 0 Å². The fourth-order valence-corrected chi connectivity index (χ4v) is 3.27. The van der Waals surface area contributed by atoms with Crippen molar-refractivity contribution in [2.45, 2.75) is 46.1 Å². The maximum Gasteiger partial charge on any atom is 0.194 e. The molecule has 1 aromatic carbocycles. The molecule has 0 bridgehead atoms.